The van der Waals surface area contributed by atoms with Gasteiger partial charge in [-0.05, 0) is 73.2 Å². The molecular weight excluding hydrogens is 681 g/mol. The number of fused-ring (bicyclic) bond motifs is 2. The van der Waals surface area contributed by atoms with Crippen molar-refractivity contribution in [1.82, 2.24) is 29.7 Å². The van der Waals surface area contributed by atoms with Gasteiger partial charge in [-0.1, -0.05) is 72.8 Å². The van der Waals surface area contributed by atoms with Gasteiger partial charge < -0.3 is 20.4 Å². The number of nitrogens with one attached hydrogen (secondary N) is 2. The zero-order valence-corrected chi connectivity index (χ0v) is 29.3. The first-order valence-corrected chi connectivity index (χ1v) is 17.9. The van der Waals surface area contributed by atoms with Gasteiger partial charge in [0.2, 0.25) is 11.8 Å². The molecular formula is C42H36N8O4. The zero-order valence-electron chi connectivity index (χ0n) is 29.3. The van der Waals surface area contributed by atoms with E-state index in [9.17, 15) is 19.2 Å². The Labute approximate surface area is 311 Å². The SMILES string of the molecule is O=C(Nc1ccc(/C=C/c2ccc(NC(=O)[C@@H]3CCCN3C(=O)c3ncnc4ccccc34)cc2)cc1)[C@@H]1CCCN1C(=O)c1ncnc2ccccc12. The van der Waals surface area contributed by atoms with Crippen LogP contribution in [0.3, 0.4) is 0 Å². The molecule has 2 fully saturated rings. The highest BCUT2D eigenvalue weighted by Gasteiger charge is 2.37. The lowest BCUT2D eigenvalue weighted by Crippen LogP contribution is -2.43. The van der Waals surface area contributed by atoms with Crippen molar-refractivity contribution >= 4 is 69.0 Å². The van der Waals surface area contributed by atoms with E-state index in [1.54, 1.807) is 9.80 Å². The van der Waals surface area contributed by atoms with Gasteiger partial charge in [-0.3, -0.25) is 19.2 Å². The van der Waals surface area contributed by atoms with Crippen molar-refractivity contribution in [2.45, 2.75) is 37.8 Å². The third-order valence-corrected chi connectivity index (χ3v) is 9.95. The molecule has 268 valence electrons. The van der Waals surface area contributed by atoms with Crippen LogP contribution < -0.4 is 10.6 Å². The van der Waals surface area contributed by atoms with Gasteiger partial charge >= 0.3 is 0 Å². The Hall–Kier alpha value is -6.82. The van der Waals surface area contributed by atoms with Crippen LogP contribution in [-0.4, -0.2) is 78.5 Å². The molecule has 4 aromatic carbocycles. The van der Waals surface area contributed by atoms with Crippen LogP contribution in [0.5, 0.6) is 0 Å². The van der Waals surface area contributed by atoms with E-state index in [4.69, 9.17) is 0 Å². The highest BCUT2D eigenvalue weighted by atomic mass is 16.2. The van der Waals surface area contributed by atoms with Crippen molar-refractivity contribution in [2.24, 2.45) is 0 Å². The van der Waals surface area contributed by atoms with Crippen LogP contribution in [0.15, 0.2) is 110 Å². The van der Waals surface area contributed by atoms with Gasteiger partial charge in [0.25, 0.3) is 11.8 Å². The Morgan fingerprint density at radius 3 is 1.37 bits per heavy atom. The Balaban J connectivity index is 0.858. The number of para-hydroxylation sites is 2. The molecule has 2 aromatic heterocycles. The van der Waals surface area contributed by atoms with Gasteiger partial charge in [0, 0.05) is 35.2 Å². The van der Waals surface area contributed by atoms with Crippen molar-refractivity contribution < 1.29 is 19.2 Å². The van der Waals surface area contributed by atoms with Crippen LogP contribution in [0.2, 0.25) is 0 Å². The molecule has 0 spiro atoms. The molecule has 0 saturated carbocycles. The molecule has 2 aliphatic rings. The molecule has 2 saturated heterocycles. The van der Waals surface area contributed by atoms with Crippen LogP contribution in [0.1, 0.15) is 57.8 Å². The minimum absolute atomic E-state index is 0.235. The Morgan fingerprint density at radius 1 is 0.537 bits per heavy atom. The van der Waals surface area contributed by atoms with E-state index in [0.29, 0.717) is 70.5 Å². The molecule has 4 amide bonds. The predicted octanol–water partition coefficient (Wildman–Crippen LogP) is 6.23. The van der Waals surface area contributed by atoms with Gasteiger partial charge in [-0.2, -0.15) is 0 Å². The Bertz CT molecular complexity index is 2240. The molecule has 54 heavy (non-hydrogen) atoms. The fourth-order valence-corrected chi connectivity index (χ4v) is 7.19. The van der Waals surface area contributed by atoms with Crippen molar-refractivity contribution in [2.75, 3.05) is 23.7 Å². The lowest BCUT2D eigenvalue weighted by molar-refractivity contribution is -0.120. The summed E-state index contributed by atoms with van der Waals surface area (Å²) in [7, 11) is 0. The van der Waals surface area contributed by atoms with E-state index in [1.165, 1.54) is 12.7 Å². The van der Waals surface area contributed by atoms with Crippen LogP contribution in [0.4, 0.5) is 11.4 Å². The third-order valence-electron chi connectivity index (χ3n) is 9.95. The van der Waals surface area contributed by atoms with Crippen LogP contribution >= 0.6 is 0 Å². The number of amides is 4. The second-order valence-electron chi connectivity index (χ2n) is 13.3. The molecule has 0 aliphatic carbocycles. The smallest absolute Gasteiger partial charge is 0.273 e. The first-order valence-electron chi connectivity index (χ1n) is 17.9. The molecule has 0 bridgehead atoms. The van der Waals surface area contributed by atoms with E-state index in [2.05, 4.69) is 30.6 Å². The molecule has 12 nitrogen and oxygen atoms in total. The van der Waals surface area contributed by atoms with Gasteiger partial charge in [0.05, 0.1) is 11.0 Å². The lowest BCUT2D eigenvalue weighted by atomic mass is 10.1. The molecule has 8 rings (SSSR count). The number of aromatic nitrogens is 4. The van der Waals surface area contributed by atoms with Gasteiger partial charge in [-0.25, -0.2) is 19.9 Å². The van der Waals surface area contributed by atoms with Crippen molar-refractivity contribution in [3.8, 4) is 0 Å². The maximum atomic E-state index is 13.5. The predicted molar refractivity (Wildman–Crippen MR) is 206 cm³/mol. The maximum absolute atomic E-state index is 13.5. The summed E-state index contributed by atoms with van der Waals surface area (Å²) in [6, 6.07) is 28.5. The number of benzene rings is 4. The van der Waals surface area contributed by atoms with Crippen LogP contribution in [0, 0.1) is 0 Å². The third kappa shape index (κ3) is 7.01. The van der Waals surface area contributed by atoms with E-state index < -0.39 is 12.1 Å². The number of carbonyl (C=O) groups is 4. The van der Waals surface area contributed by atoms with Crippen molar-refractivity contribution in [1.29, 1.82) is 0 Å². The van der Waals surface area contributed by atoms with Crippen LogP contribution in [0.25, 0.3) is 34.0 Å². The highest BCUT2D eigenvalue weighted by Crippen LogP contribution is 2.26. The molecule has 12 heteroatoms. The average Bonchev–Trinajstić information content (AvgIpc) is 3.92. The first kappa shape index (κ1) is 34.3. The molecule has 2 aliphatic heterocycles. The van der Waals surface area contributed by atoms with E-state index in [1.807, 2.05) is 109 Å². The van der Waals surface area contributed by atoms with Gasteiger partial charge in [0.1, 0.15) is 36.1 Å². The average molecular weight is 717 g/mol. The number of likely N-dealkylation sites (tertiary alicyclic amines) is 2. The number of carbonyl (C=O) groups excluding carboxylic acids is 4. The zero-order chi connectivity index (χ0) is 37.0. The summed E-state index contributed by atoms with van der Waals surface area (Å²) in [4.78, 5) is 73.9. The summed E-state index contributed by atoms with van der Waals surface area (Å²) < 4.78 is 0. The normalized spacial score (nSPS) is 17.0. The van der Waals surface area contributed by atoms with Crippen molar-refractivity contribution in [3.63, 3.8) is 0 Å². The molecule has 0 unspecified atom stereocenters. The first-order chi connectivity index (χ1) is 26.4. The fourth-order valence-electron chi connectivity index (χ4n) is 7.19. The molecule has 4 heterocycles. The fraction of sp³-hybridized carbons (Fsp3) is 0.190. The van der Waals surface area contributed by atoms with E-state index in [-0.39, 0.29) is 23.6 Å². The lowest BCUT2D eigenvalue weighted by Gasteiger charge is -2.24. The summed E-state index contributed by atoms with van der Waals surface area (Å²) in [5.74, 6) is -1.02. The minimum atomic E-state index is -0.594. The molecule has 2 N–H and O–H groups in total. The largest absolute Gasteiger partial charge is 0.325 e. The summed E-state index contributed by atoms with van der Waals surface area (Å²) >= 11 is 0. The monoisotopic (exact) mass is 716 g/mol. The summed E-state index contributed by atoms with van der Waals surface area (Å²) in [6.45, 7) is 0.963. The number of hydrogen-bond donors (Lipinski definition) is 2. The second kappa shape index (κ2) is 15.0. The van der Waals surface area contributed by atoms with Gasteiger partial charge in [0.15, 0.2) is 0 Å². The minimum Gasteiger partial charge on any atom is -0.325 e. The summed E-state index contributed by atoms with van der Waals surface area (Å²) in [6.07, 6.45) is 9.29. The Morgan fingerprint density at radius 2 is 0.944 bits per heavy atom. The van der Waals surface area contributed by atoms with Crippen molar-refractivity contribution in [3.05, 3.63) is 132 Å². The van der Waals surface area contributed by atoms with Gasteiger partial charge in [-0.15, -0.1) is 0 Å². The molecule has 6 aromatic rings. The number of rotatable bonds is 8. The standard InChI is InChI=1S/C42H36N8O4/c51-39(35-11-5-23-49(35)41(53)37-31-7-1-3-9-33(31)43-25-45-37)47-29-19-15-27(16-20-29)13-14-28-17-21-30(22-18-28)48-40(52)36-12-6-24-50(36)42(54)38-32-8-2-4-10-34(32)44-26-46-38/h1-4,7-10,13-22,25-26,35-36H,5-6,11-12,23-24H2,(H,47,51)(H,48,52)/b14-13+/t35-,36-/m0/s1. The van der Waals surface area contributed by atoms with Crippen LogP contribution in [-0.2, 0) is 9.59 Å². The number of anilines is 2. The summed E-state index contributed by atoms with van der Waals surface area (Å²) in [5.41, 5.74) is 5.10. The quantitative estimate of drug-likeness (QED) is 0.176. The maximum Gasteiger partial charge on any atom is 0.273 e. The number of hydrogen-bond acceptors (Lipinski definition) is 8. The molecule has 0 radical (unpaired) electrons. The topological polar surface area (TPSA) is 150 Å². The number of nitrogens with zero attached hydrogens (tertiary/aromatic N) is 6. The highest BCUT2D eigenvalue weighted by molar-refractivity contribution is 6.08. The van der Waals surface area contributed by atoms with E-state index >= 15 is 0 Å². The van der Waals surface area contributed by atoms with E-state index in [0.717, 1.165) is 24.0 Å². The summed E-state index contributed by atoms with van der Waals surface area (Å²) in [5, 5.41) is 7.27. The second-order valence-corrected chi connectivity index (χ2v) is 13.3. The Kier molecular flexibility index (Phi) is 9.54. The molecule has 2 atom stereocenters.